The molecule has 0 spiro atoms. The van der Waals surface area contributed by atoms with Crippen LogP contribution < -0.4 is 0 Å². The maximum absolute atomic E-state index is 9.56. The Morgan fingerprint density at radius 1 is 0.654 bits per heavy atom. The number of fused-ring (bicyclic) bond motifs is 2. The molecule has 4 nitrogen and oxygen atoms in total. The molecule has 0 N–H and O–H groups in total. The van der Waals surface area contributed by atoms with Crippen molar-refractivity contribution in [2.45, 2.75) is 0 Å². The zero-order chi connectivity index (χ0) is 19.2. The fourth-order valence-corrected chi connectivity index (χ4v) is 2.03. The maximum atomic E-state index is 9.56. The Kier molecular flexibility index (Phi) is 10.1. The number of hydrogen-bond acceptors (Lipinski definition) is 4. The van der Waals surface area contributed by atoms with E-state index in [2.05, 4.69) is 34.2 Å². The minimum absolute atomic E-state index is 0.611. The number of benzene rings is 2. The molecule has 0 bridgehead atoms. The van der Waals surface area contributed by atoms with Gasteiger partial charge in [-0.05, 0) is 24.3 Å². The third-order valence-corrected chi connectivity index (χ3v) is 3.02. The van der Waals surface area contributed by atoms with E-state index in [4.69, 9.17) is 4.79 Å². The Morgan fingerprint density at radius 3 is 1.31 bits per heavy atom. The number of hydrogen-bond donors (Lipinski definition) is 0. The molecular weight excluding hydrogens is 344 g/mol. The second kappa shape index (κ2) is 12.4. The molecule has 26 heavy (non-hydrogen) atoms. The highest BCUT2D eigenvalue weighted by Crippen LogP contribution is 2.08. The first-order valence-corrected chi connectivity index (χ1v) is 9.77. The molecule has 2 heterocycles. The highest BCUT2D eigenvalue weighted by atomic mass is 32.2. The summed E-state index contributed by atoms with van der Waals surface area (Å²) in [5.41, 5.74) is 2.12. The Morgan fingerprint density at radius 2 is 0.962 bits per heavy atom. The van der Waals surface area contributed by atoms with Gasteiger partial charge in [0.05, 0.1) is 11.0 Å². The average Bonchev–Trinajstić information content (AvgIpc) is 2.70. The second-order valence-electron chi connectivity index (χ2n) is 5.13. The summed E-state index contributed by atoms with van der Waals surface area (Å²) in [6.07, 6.45) is 6.89. The molecule has 0 amide bonds. The highest BCUT2D eigenvalue weighted by molar-refractivity contribution is 7.83. The molecule has 134 valence electrons. The molecule has 0 fully saturated rings. The van der Waals surface area contributed by atoms with Gasteiger partial charge in [0, 0.05) is 46.5 Å². The van der Waals surface area contributed by atoms with Gasteiger partial charge in [-0.2, -0.15) is 0 Å². The molecule has 5 heteroatoms. The first-order valence-electron chi connectivity index (χ1n) is 7.80. The van der Waals surface area contributed by atoms with Crippen LogP contribution in [0.4, 0.5) is 0 Å². The van der Waals surface area contributed by atoms with Gasteiger partial charge in [0.2, 0.25) is 0 Å². The van der Waals surface area contributed by atoms with Crippen molar-refractivity contribution in [3.05, 3.63) is 85.2 Å². The first-order chi connectivity index (χ1) is 12.7. The molecule has 0 aliphatic carbocycles. The topological polar surface area (TPSA) is 59.9 Å². The summed E-state index contributed by atoms with van der Waals surface area (Å²) in [6.45, 7) is 2.00. The molecule has 2 aromatic heterocycles. The summed E-state index contributed by atoms with van der Waals surface area (Å²) in [5.74, 6) is 0. The number of nitrogens with zero attached hydrogens (tertiary/aromatic N) is 2. The summed E-state index contributed by atoms with van der Waals surface area (Å²) in [6, 6.07) is 24.2. The molecule has 0 aliphatic heterocycles. The van der Waals surface area contributed by atoms with E-state index in [-0.39, 0.29) is 0 Å². The number of pyridine rings is 2. The van der Waals surface area contributed by atoms with Crippen LogP contribution in [-0.2, 0) is 15.6 Å². The minimum atomic E-state index is -0.611. The van der Waals surface area contributed by atoms with Crippen LogP contribution in [0.1, 0.15) is 0 Å². The van der Waals surface area contributed by atoms with Crippen molar-refractivity contribution in [3.8, 4) is 0 Å². The van der Waals surface area contributed by atoms with Gasteiger partial charge >= 0.3 is 0 Å². The SMILES string of the molecule is C=O.CS(C)=O.c1ccc2ncccc2c1.c1ccc2ncccc2c1. The predicted molar refractivity (Wildman–Crippen MR) is 111 cm³/mol. The number of carbonyl (C=O) groups is 1. The molecule has 4 rings (SSSR count). The quantitative estimate of drug-likeness (QED) is 0.466. The van der Waals surface area contributed by atoms with Crippen LogP contribution in [0.3, 0.4) is 0 Å². The standard InChI is InChI=1S/2C9H7N.C2H6OS.CH2O/c2*1-2-6-9-8(4-1)5-3-7-10-9;1-4(2)3;1-2/h2*1-7H;1-2H3;1H2. The molecule has 0 saturated heterocycles. The van der Waals surface area contributed by atoms with Gasteiger partial charge < -0.3 is 4.79 Å². The Hall–Kier alpha value is -2.92. The van der Waals surface area contributed by atoms with Gasteiger partial charge in [-0.3, -0.25) is 14.2 Å². The largest absolute Gasteiger partial charge is 0.307 e. The third kappa shape index (κ3) is 7.77. The van der Waals surface area contributed by atoms with Crippen molar-refractivity contribution in [1.29, 1.82) is 0 Å². The van der Waals surface area contributed by atoms with E-state index in [0.717, 1.165) is 11.0 Å². The van der Waals surface area contributed by atoms with E-state index in [0.29, 0.717) is 0 Å². The molecule has 0 unspecified atom stereocenters. The molecular formula is C21H22N2O2S. The van der Waals surface area contributed by atoms with Gasteiger partial charge in [-0.25, -0.2) is 0 Å². The van der Waals surface area contributed by atoms with Gasteiger partial charge in [0.1, 0.15) is 6.79 Å². The van der Waals surface area contributed by atoms with E-state index in [9.17, 15) is 4.21 Å². The second-order valence-corrected chi connectivity index (χ2v) is 6.62. The van der Waals surface area contributed by atoms with Crippen LogP contribution in [0, 0.1) is 0 Å². The minimum Gasteiger partial charge on any atom is -0.307 e. The summed E-state index contributed by atoms with van der Waals surface area (Å²) in [4.78, 5) is 16.4. The van der Waals surface area contributed by atoms with E-state index < -0.39 is 10.8 Å². The van der Waals surface area contributed by atoms with Crippen LogP contribution in [0.2, 0.25) is 0 Å². The fraction of sp³-hybridized carbons (Fsp3) is 0.0952. The van der Waals surface area contributed by atoms with Crippen LogP contribution in [0.25, 0.3) is 21.8 Å². The number of aromatic nitrogens is 2. The van der Waals surface area contributed by atoms with Crippen molar-refractivity contribution < 1.29 is 9.00 Å². The molecule has 4 aromatic rings. The maximum Gasteiger partial charge on any atom is 0.106 e. The molecule has 0 atom stereocenters. The Balaban J connectivity index is 0.000000202. The summed E-state index contributed by atoms with van der Waals surface area (Å²) < 4.78 is 9.56. The summed E-state index contributed by atoms with van der Waals surface area (Å²) in [5, 5.41) is 2.40. The average molecular weight is 366 g/mol. The summed E-state index contributed by atoms with van der Waals surface area (Å²) in [7, 11) is -0.611. The normalized spacial score (nSPS) is 9.19. The lowest BCUT2D eigenvalue weighted by Crippen LogP contribution is -1.73. The van der Waals surface area contributed by atoms with Crippen molar-refractivity contribution in [3.63, 3.8) is 0 Å². The summed E-state index contributed by atoms with van der Waals surface area (Å²) >= 11 is 0. The number of rotatable bonds is 0. The van der Waals surface area contributed by atoms with Crippen LogP contribution in [-0.4, -0.2) is 33.5 Å². The molecule has 2 aromatic carbocycles. The van der Waals surface area contributed by atoms with Gasteiger partial charge in [-0.15, -0.1) is 0 Å². The van der Waals surface area contributed by atoms with E-state index >= 15 is 0 Å². The van der Waals surface area contributed by atoms with Gasteiger partial charge in [0.25, 0.3) is 0 Å². The van der Waals surface area contributed by atoms with Crippen LogP contribution >= 0.6 is 0 Å². The predicted octanol–water partition coefficient (Wildman–Crippen LogP) is 4.28. The fourth-order valence-electron chi connectivity index (χ4n) is 2.03. The Labute approximate surface area is 156 Å². The van der Waals surface area contributed by atoms with Gasteiger partial charge in [-0.1, -0.05) is 48.5 Å². The monoisotopic (exact) mass is 366 g/mol. The van der Waals surface area contributed by atoms with Crippen molar-refractivity contribution >= 4 is 39.4 Å². The lowest BCUT2D eigenvalue weighted by Gasteiger charge is -1.91. The number of carbonyl (C=O) groups excluding carboxylic acids is 1. The highest BCUT2D eigenvalue weighted by Gasteiger charge is 1.87. The first kappa shape index (κ1) is 21.1. The number of para-hydroxylation sites is 2. The molecule has 0 radical (unpaired) electrons. The third-order valence-electron chi connectivity index (χ3n) is 3.02. The lowest BCUT2D eigenvalue weighted by molar-refractivity contribution is -0.0979. The van der Waals surface area contributed by atoms with Gasteiger partial charge in [0.15, 0.2) is 0 Å². The van der Waals surface area contributed by atoms with Crippen LogP contribution in [0.15, 0.2) is 85.2 Å². The van der Waals surface area contributed by atoms with Crippen molar-refractivity contribution in [2.24, 2.45) is 0 Å². The van der Waals surface area contributed by atoms with E-state index in [1.54, 1.807) is 12.5 Å². The molecule has 0 aliphatic rings. The smallest absolute Gasteiger partial charge is 0.106 e. The van der Waals surface area contributed by atoms with Crippen molar-refractivity contribution in [2.75, 3.05) is 12.5 Å². The van der Waals surface area contributed by atoms with E-state index in [1.807, 2.05) is 67.7 Å². The molecule has 0 saturated carbocycles. The van der Waals surface area contributed by atoms with E-state index in [1.165, 1.54) is 10.8 Å². The van der Waals surface area contributed by atoms with Crippen LogP contribution in [0.5, 0.6) is 0 Å². The van der Waals surface area contributed by atoms with Crippen molar-refractivity contribution in [1.82, 2.24) is 9.97 Å². The lowest BCUT2D eigenvalue weighted by atomic mass is 10.2. The zero-order valence-corrected chi connectivity index (χ0v) is 15.7. The Bertz CT molecular complexity index is 739. The zero-order valence-electron chi connectivity index (χ0n) is 14.9.